The number of amides is 1. The van der Waals surface area contributed by atoms with Gasteiger partial charge in [-0.25, -0.2) is 0 Å². The van der Waals surface area contributed by atoms with Crippen LogP contribution in [0.2, 0.25) is 0 Å². The fourth-order valence-electron chi connectivity index (χ4n) is 3.28. The molecular weight excluding hydrogens is 330 g/mol. The van der Waals surface area contributed by atoms with Crippen molar-refractivity contribution in [2.75, 3.05) is 11.9 Å². The fraction of sp³-hybridized carbons (Fsp3) is 0.316. The van der Waals surface area contributed by atoms with E-state index in [1.54, 1.807) is 17.1 Å². The molecule has 134 valence electrons. The van der Waals surface area contributed by atoms with Crippen molar-refractivity contribution >= 4 is 17.4 Å². The molecule has 3 heterocycles. The van der Waals surface area contributed by atoms with Crippen LogP contribution >= 0.6 is 0 Å². The second-order valence-electron chi connectivity index (χ2n) is 6.59. The van der Waals surface area contributed by atoms with Gasteiger partial charge in [-0.2, -0.15) is 5.10 Å². The number of hydrogen-bond acceptors (Lipinski definition) is 5. The Balaban J connectivity index is 1.54. The summed E-state index contributed by atoms with van der Waals surface area (Å²) in [5.74, 6) is 1.58. The molecule has 0 saturated carbocycles. The molecule has 0 spiro atoms. The monoisotopic (exact) mass is 351 g/mol. The first kappa shape index (κ1) is 16.4. The summed E-state index contributed by atoms with van der Waals surface area (Å²) in [7, 11) is 0. The molecule has 4 rings (SSSR count). The van der Waals surface area contributed by atoms with Crippen LogP contribution in [0.25, 0.3) is 0 Å². The minimum absolute atomic E-state index is 0.0403. The van der Waals surface area contributed by atoms with Gasteiger partial charge in [0.25, 0.3) is 0 Å². The summed E-state index contributed by atoms with van der Waals surface area (Å²) in [5, 5.41) is 11.7. The number of para-hydroxylation sites is 1. The number of benzene rings is 1. The molecule has 7 nitrogen and oxygen atoms in total. The average molecular weight is 351 g/mol. The topological polar surface area (TPSA) is 76.2 Å². The Labute approximate surface area is 151 Å². The van der Waals surface area contributed by atoms with Crippen LogP contribution in [-0.2, 0) is 24.3 Å². The summed E-state index contributed by atoms with van der Waals surface area (Å²) >= 11 is 0. The Hall–Kier alpha value is -3.09. The van der Waals surface area contributed by atoms with E-state index in [9.17, 15) is 4.79 Å². The van der Waals surface area contributed by atoms with Crippen LogP contribution in [0.4, 0.5) is 11.5 Å². The van der Waals surface area contributed by atoms with Gasteiger partial charge in [0.1, 0.15) is 12.3 Å². The van der Waals surface area contributed by atoms with E-state index in [1.165, 1.54) is 0 Å². The van der Waals surface area contributed by atoms with Gasteiger partial charge in [-0.3, -0.25) is 9.48 Å². The molecule has 3 aromatic rings. The fourth-order valence-corrected chi connectivity index (χ4v) is 3.28. The zero-order chi connectivity index (χ0) is 18.1. The number of hydrogen-bond donors (Lipinski definition) is 1. The number of aryl methyl sites for hydroxylation is 2. The first-order valence-electron chi connectivity index (χ1n) is 8.67. The van der Waals surface area contributed by atoms with Gasteiger partial charge in [-0.05, 0) is 31.0 Å². The van der Waals surface area contributed by atoms with Crippen LogP contribution in [0.3, 0.4) is 0 Å². The third-order valence-electron chi connectivity index (χ3n) is 4.76. The average Bonchev–Trinajstić information content (AvgIpc) is 3.27. The lowest BCUT2D eigenvalue weighted by atomic mass is 10.1. The molecular formula is C19H21N5O2. The minimum atomic E-state index is 0.0403. The number of nitrogens with zero attached hydrogens (tertiary/aromatic N) is 4. The molecule has 0 bridgehead atoms. The third-order valence-corrected chi connectivity index (χ3v) is 4.76. The van der Waals surface area contributed by atoms with E-state index in [1.807, 2.05) is 17.0 Å². The summed E-state index contributed by atoms with van der Waals surface area (Å²) in [6.07, 6.45) is 4.14. The van der Waals surface area contributed by atoms with Crippen LogP contribution < -0.4 is 5.32 Å². The van der Waals surface area contributed by atoms with Crippen molar-refractivity contribution in [2.24, 2.45) is 0 Å². The Morgan fingerprint density at radius 3 is 2.81 bits per heavy atom. The minimum Gasteiger partial charge on any atom is -0.359 e. The lowest BCUT2D eigenvalue weighted by Gasteiger charge is -2.26. The highest BCUT2D eigenvalue weighted by Crippen LogP contribution is 2.30. The van der Waals surface area contributed by atoms with Crippen molar-refractivity contribution in [1.29, 1.82) is 0 Å². The number of fused-ring (bicyclic) bond motifs is 1. The first-order chi connectivity index (χ1) is 12.6. The van der Waals surface area contributed by atoms with Gasteiger partial charge in [0.05, 0.1) is 12.1 Å². The normalized spacial score (nSPS) is 13.5. The molecule has 0 fully saturated rings. The zero-order valence-electron chi connectivity index (χ0n) is 14.9. The predicted octanol–water partition coefficient (Wildman–Crippen LogP) is 2.82. The maximum absolute atomic E-state index is 12.6. The Morgan fingerprint density at radius 2 is 2.08 bits per heavy atom. The molecule has 7 heteroatoms. The Morgan fingerprint density at radius 1 is 1.27 bits per heavy atom. The molecule has 1 aliphatic heterocycles. The number of carbonyl (C=O) groups is 1. The number of carbonyl (C=O) groups excluding carboxylic acids is 1. The SMILES string of the molecule is Cc1cccc(C)c1Nc1noc2c1CN(C(=O)Cn1cccn1)CC2. The van der Waals surface area contributed by atoms with Crippen molar-refractivity contribution in [3.05, 3.63) is 59.1 Å². The van der Waals surface area contributed by atoms with Gasteiger partial charge in [0, 0.05) is 31.0 Å². The number of nitrogens with one attached hydrogen (secondary N) is 1. The van der Waals surface area contributed by atoms with Crippen molar-refractivity contribution in [3.63, 3.8) is 0 Å². The van der Waals surface area contributed by atoms with Gasteiger partial charge in [-0.15, -0.1) is 0 Å². The van der Waals surface area contributed by atoms with Gasteiger partial charge in [0.15, 0.2) is 5.82 Å². The molecule has 1 N–H and O–H groups in total. The summed E-state index contributed by atoms with van der Waals surface area (Å²) < 4.78 is 7.15. The smallest absolute Gasteiger partial charge is 0.244 e. The highest BCUT2D eigenvalue weighted by molar-refractivity contribution is 5.77. The van der Waals surface area contributed by atoms with Crippen LogP contribution in [0.1, 0.15) is 22.5 Å². The molecule has 0 atom stereocenters. The van der Waals surface area contributed by atoms with E-state index in [0.717, 1.165) is 28.1 Å². The van der Waals surface area contributed by atoms with Crippen molar-refractivity contribution in [1.82, 2.24) is 19.8 Å². The van der Waals surface area contributed by atoms with Gasteiger partial charge in [0.2, 0.25) is 5.91 Å². The lowest BCUT2D eigenvalue weighted by molar-refractivity contribution is -0.133. The second kappa shape index (κ2) is 6.67. The van der Waals surface area contributed by atoms with E-state index in [2.05, 4.69) is 41.6 Å². The summed E-state index contributed by atoms with van der Waals surface area (Å²) in [4.78, 5) is 14.4. The van der Waals surface area contributed by atoms with Crippen LogP contribution in [0.15, 0.2) is 41.2 Å². The van der Waals surface area contributed by atoms with Crippen molar-refractivity contribution in [2.45, 2.75) is 33.4 Å². The van der Waals surface area contributed by atoms with E-state index in [-0.39, 0.29) is 12.5 Å². The van der Waals surface area contributed by atoms with E-state index in [4.69, 9.17) is 4.52 Å². The van der Waals surface area contributed by atoms with Gasteiger partial charge >= 0.3 is 0 Å². The van der Waals surface area contributed by atoms with Crippen LogP contribution in [0, 0.1) is 13.8 Å². The Bertz CT molecular complexity index is 909. The second-order valence-corrected chi connectivity index (χ2v) is 6.59. The van der Waals surface area contributed by atoms with Crippen LogP contribution in [-0.4, -0.2) is 32.3 Å². The Kier molecular flexibility index (Phi) is 4.20. The predicted molar refractivity (Wildman–Crippen MR) is 97.0 cm³/mol. The standard InChI is InChI=1S/C19H21N5O2/c1-13-5-3-6-14(2)18(13)21-19-15-11-23(10-7-16(15)26-22-19)17(25)12-24-9-4-8-20-24/h3-6,8-9H,7,10-12H2,1-2H3,(H,21,22). The summed E-state index contributed by atoms with van der Waals surface area (Å²) in [5.41, 5.74) is 4.27. The molecule has 0 radical (unpaired) electrons. The molecule has 1 aliphatic rings. The summed E-state index contributed by atoms with van der Waals surface area (Å²) in [6.45, 7) is 5.48. The molecule has 0 aliphatic carbocycles. The first-order valence-corrected chi connectivity index (χ1v) is 8.67. The van der Waals surface area contributed by atoms with E-state index >= 15 is 0 Å². The quantitative estimate of drug-likeness (QED) is 0.782. The van der Waals surface area contributed by atoms with Crippen molar-refractivity contribution < 1.29 is 9.32 Å². The van der Waals surface area contributed by atoms with E-state index in [0.29, 0.717) is 25.3 Å². The lowest BCUT2D eigenvalue weighted by Crippen LogP contribution is -2.37. The molecule has 0 saturated heterocycles. The summed E-state index contributed by atoms with van der Waals surface area (Å²) in [6, 6.07) is 7.96. The number of rotatable bonds is 4. The third kappa shape index (κ3) is 3.08. The number of aromatic nitrogens is 3. The maximum Gasteiger partial charge on any atom is 0.244 e. The zero-order valence-corrected chi connectivity index (χ0v) is 14.9. The molecule has 2 aromatic heterocycles. The van der Waals surface area contributed by atoms with E-state index < -0.39 is 0 Å². The van der Waals surface area contributed by atoms with Crippen LogP contribution in [0.5, 0.6) is 0 Å². The molecule has 0 unspecified atom stereocenters. The van der Waals surface area contributed by atoms with Crippen molar-refractivity contribution in [3.8, 4) is 0 Å². The molecule has 1 amide bonds. The highest BCUT2D eigenvalue weighted by atomic mass is 16.5. The van der Waals surface area contributed by atoms with Gasteiger partial charge in [-0.1, -0.05) is 23.4 Å². The van der Waals surface area contributed by atoms with Gasteiger partial charge < -0.3 is 14.7 Å². The molecule has 1 aromatic carbocycles. The molecule has 26 heavy (non-hydrogen) atoms. The highest BCUT2D eigenvalue weighted by Gasteiger charge is 2.27. The maximum atomic E-state index is 12.6. The largest absolute Gasteiger partial charge is 0.359 e. The number of anilines is 2.